The molecule has 141 valence electrons. The molecule has 3 aromatic carbocycles. The van der Waals surface area contributed by atoms with E-state index in [1.807, 2.05) is 0 Å². The number of hydrogen-bond acceptors (Lipinski definition) is 0. The molecule has 2 aliphatic rings. The summed E-state index contributed by atoms with van der Waals surface area (Å²) < 4.78 is 0.292. The van der Waals surface area contributed by atoms with Crippen molar-refractivity contribution < 1.29 is 19.4 Å². The Kier molecular flexibility index (Phi) is 5.07. The third-order valence-electron chi connectivity index (χ3n) is 6.18. The van der Waals surface area contributed by atoms with E-state index in [1.54, 1.807) is 0 Å². The number of halogens is 2. The standard InChI is InChI=1S/C25H23.2ClH.Zr/c1-16(2)13-17-14-20-6-4-7-21(24(20)15-17)22-12-11-19-10-9-18-5-3-8-23(22)25(18)19;;;/h3-8,11-12,14-16H,9-10,13H2,1-2H3;2*1H;/q;;;+2/p-2. The van der Waals surface area contributed by atoms with E-state index in [9.17, 15) is 0 Å². The van der Waals surface area contributed by atoms with Crippen LogP contribution < -0.4 is 0 Å². The molecule has 0 aromatic heterocycles. The first-order valence-corrected chi connectivity index (χ1v) is 17.8. The van der Waals surface area contributed by atoms with E-state index in [2.05, 4.69) is 68.5 Å². The Hall–Kier alpha value is -0.877. The van der Waals surface area contributed by atoms with E-state index in [-0.39, 0.29) is 0 Å². The van der Waals surface area contributed by atoms with Gasteiger partial charge in [-0.3, -0.25) is 0 Å². The molecule has 1 unspecified atom stereocenters. The molecule has 0 saturated heterocycles. The number of allylic oxidation sites excluding steroid dienone is 1. The van der Waals surface area contributed by atoms with Gasteiger partial charge in [0.2, 0.25) is 0 Å². The van der Waals surface area contributed by atoms with Crippen LogP contribution in [0.1, 0.15) is 46.1 Å². The Labute approximate surface area is 182 Å². The SMILES string of the molecule is CC(C)CC1=Cc2c(-c3ccc4c5c(cccc35)CC4)cccc2[CH]1[Zr]([Cl])[Cl]. The first-order chi connectivity index (χ1) is 13.5. The molecule has 0 N–H and O–H groups in total. The summed E-state index contributed by atoms with van der Waals surface area (Å²) in [6, 6.07) is 18.2. The van der Waals surface area contributed by atoms with Crippen LogP contribution in [-0.4, -0.2) is 0 Å². The fraction of sp³-hybridized carbons (Fsp3) is 0.280. The summed E-state index contributed by atoms with van der Waals surface area (Å²) in [6.45, 7) is 4.55. The van der Waals surface area contributed by atoms with Crippen molar-refractivity contribution in [3.63, 3.8) is 0 Å². The second kappa shape index (κ2) is 7.43. The first-order valence-electron chi connectivity index (χ1n) is 10.1. The molecule has 0 saturated carbocycles. The Bertz CT molecular complexity index is 1100. The summed E-state index contributed by atoms with van der Waals surface area (Å²) in [4.78, 5) is 0. The molecule has 0 bridgehead atoms. The third-order valence-corrected chi connectivity index (χ3v) is 11.5. The van der Waals surface area contributed by atoms with Crippen LogP contribution in [0.15, 0.2) is 54.1 Å². The predicted molar refractivity (Wildman–Crippen MR) is 119 cm³/mol. The summed E-state index contributed by atoms with van der Waals surface area (Å²) in [5, 5.41) is 2.86. The monoisotopic (exact) mass is 483 g/mol. The van der Waals surface area contributed by atoms with Gasteiger partial charge in [0.05, 0.1) is 0 Å². The van der Waals surface area contributed by atoms with Gasteiger partial charge in [-0.05, 0) is 0 Å². The number of aryl methyl sites for hydroxylation is 2. The van der Waals surface area contributed by atoms with Crippen molar-refractivity contribution >= 4 is 33.9 Å². The topological polar surface area (TPSA) is 0 Å². The van der Waals surface area contributed by atoms with Crippen molar-refractivity contribution in [3.8, 4) is 11.1 Å². The molecule has 3 aromatic rings. The molecular weight excluding hydrogens is 462 g/mol. The predicted octanol–water partition coefficient (Wildman–Crippen LogP) is 8.02. The van der Waals surface area contributed by atoms with Crippen LogP contribution in [0.25, 0.3) is 28.0 Å². The molecule has 0 spiro atoms. The van der Waals surface area contributed by atoms with Gasteiger partial charge >= 0.3 is 183 Å². The molecule has 0 amide bonds. The Balaban J connectivity index is 1.73. The van der Waals surface area contributed by atoms with Crippen LogP contribution in [0.3, 0.4) is 0 Å². The van der Waals surface area contributed by atoms with Gasteiger partial charge in [0.25, 0.3) is 0 Å². The van der Waals surface area contributed by atoms with Crippen molar-refractivity contribution in [2.45, 2.75) is 36.7 Å². The molecule has 0 radical (unpaired) electrons. The zero-order valence-corrected chi connectivity index (χ0v) is 20.2. The number of benzene rings is 3. The molecule has 0 nitrogen and oxygen atoms in total. The van der Waals surface area contributed by atoms with Gasteiger partial charge in [0.1, 0.15) is 0 Å². The second-order valence-electron chi connectivity index (χ2n) is 8.46. The molecule has 0 aliphatic heterocycles. The van der Waals surface area contributed by atoms with Gasteiger partial charge in [-0.2, -0.15) is 0 Å². The van der Waals surface area contributed by atoms with Gasteiger partial charge in [0.15, 0.2) is 0 Å². The quantitative estimate of drug-likeness (QED) is 0.351. The van der Waals surface area contributed by atoms with Crippen LogP contribution in [0.4, 0.5) is 0 Å². The Morgan fingerprint density at radius 1 is 0.929 bits per heavy atom. The summed E-state index contributed by atoms with van der Waals surface area (Å²) in [6.07, 6.45) is 5.81. The maximum absolute atomic E-state index is 6.65. The van der Waals surface area contributed by atoms with Crippen molar-refractivity contribution in [3.05, 3.63) is 76.4 Å². The number of fused-ring (bicyclic) bond motifs is 1. The fourth-order valence-electron chi connectivity index (χ4n) is 5.09. The minimum atomic E-state index is -2.47. The van der Waals surface area contributed by atoms with E-state index in [0.29, 0.717) is 9.54 Å². The van der Waals surface area contributed by atoms with Gasteiger partial charge in [0, 0.05) is 0 Å². The molecule has 2 aliphatic carbocycles. The number of rotatable bonds is 4. The zero-order chi connectivity index (χ0) is 19.4. The molecule has 0 fully saturated rings. The molecular formula is C25H23Cl2Zr. The summed E-state index contributed by atoms with van der Waals surface area (Å²) in [7, 11) is 13.3. The molecule has 5 rings (SSSR count). The van der Waals surface area contributed by atoms with Gasteiger partial charge in [-0.1, -0.05) is 0 Å². The van der Waals surface area contributed by atoms with Gasteiger partial charge < -0.3 is 0 Å². The maximum atomic E-state index is 6.65. The molecule has 3 heteroatoms. The summed E-state index contributed by atoms with van der Waals surface area (Å²) >= 11 is -2.47. The van der Waals surface area contributed by atoms with E-state index in [0.717, 1.165) is 19.3 Å². The van der Waals surface area contributed by atoms with Gasteiger partial charge in [-0.15, -0.1) is 0 Å². The molecule has 1 atom stereocenters. The summed E-state index contributed by atoms with van der Waals surface area (Å²) in [5.41, 5.74) is 9.81. The molecule has 28 heavy (non-hydrogen) atoms. The average molecular weight is 486 g/mol. The van der Waals surface area contributed by atoms with E-state index in [1.165, 1.54) is 49.7 Å². The van der Waals surface area contributed by atoms with E-state index >= 15 is 0 Å². The second-order valence-corrected chi connectivity index (χ2v) is 17.3. The summed E-state index contributed by atoms with van der Waals surface area (Å²) in [5.74, 6) is 0.611. The van der Waals surface area contributed by atoms with Crippen LogP contribution in [0, 0.1) is 5.92 Å². The third kappa shape index (κ3) is 3.06. The zero-order valence-electron chi connectivity index (χ0n) is 16.2. The Morgan fingerprint density at radius 3 is 2.43 bits per heavy atom. The first kappa shape index (κ1) is 19.1. The fourth-order valence-corrected chi connectivity index (χ4v) is 10.5. The minimum absolute atomic E-state index is 0.292. The Morgan fingerprint density at radius 2 is 1.68 bits per heavy atom. The van der Waals surface area contributed by atoms with Crippen molar-refractivity contribution in [1.82, 2.24) is 0 Å². The van der Waals surface area contributed by atoms with E-state index in [4.69, 9.17) is 17.0 Å². The van der Waals surface area contributed by atoms with Gasteiger partial charge in [-0.25, -0.2) is 0 Å². The molecule has 0 heterocycles. The van der Waals surface area contributed by atoms with Crippen LogP contribution >= 0.6 is 17.0 Å². The number of hydrogen-bond donors (Lipinski definition) is 0. The van der Waals surface area contributed by atoms with Crippen molar-refractivity contribution in [2.75, 3.05) is 0 Å². The van der Waals surface area contributed by atoms with Crippen LogP contribution in [0.5, 0.6) is 0 Å². The normalized spacial score (nSPS) is 17.3. The van der Waals surface area contributed by atoms with Crippen LogP contribution in [0.2, 0.25) is 0 Å². The van der Waals surface area contributed by atoms with Crippen LogP contribution in [-0.2, 0) is 32.2 Å². The van der Waals surface area contributed by atoms with E-state index < -0.39 is 19.4 Å². The van der Waals surface area contributed by atoms with Crippen molar-refractivity contribution in [1.29, 1.82) is 0 Å². The van der Waals surface area contributed by atoms with Crippen molar-refractivity contribution in [2.24, 2.45) is 5.92 Å². The average Bonchev–Trinajstić information content (AvgIpc) is 3.24.